The summed E-state index contributed by atoms with van der Waals surface area (Å²) >= 11 is 0. The zero-order chi connectivity index (χ0) is 18.6. The maximum Gasteiger partial charge on any atom is 0.253 e. The zero-order valence-electron chi connectivity index (χ0n) is 15.2. The van der Waals surface area contributed by atoms with Crippen molar-refractivity contribution in [3.63, 3.8) is 0 Å². The molecule has 1 aromatic carbocycles. The Morgan fingerprint density at radius 3 is 2.54 bits per heavy atom. The number of carbonyl (C=O) groups is 2. The highest BCUT2D eigenvalue weighted by molar-refractivity contribution is 5.94. The predicted molar refractivity (Wildman–Crippen MR) is 96.4 cm³/mol. The third-order valence-electron chi connectivity index (χ3n) is 5.69. The lowest BCUT2D eigenvalue weighted by molar-refractivity contribution is -0.139. The smallest absolute Gasteiger partial charge is 0.253 e. The highest BCUT2D eigenvalue weighted by atomic mass is 16.5. The van der Waals surface area contributed by atoms with E-state index in [4.69, 9.17) is 10.00 Å². The molecule has 0 bridgehead atoms. The van der Waals surface area contributed by atoms with Crippen LogP contribution in [-0.2, 0) is 9.53 Å². The molecule has 0 atom stereocenters. The van der Waals surface area contributed by atoms with Gasteiger partial charge < -0.3 is 14.5 Å². The van der Waals surface area contributed by atoms with Gasteiger partial charge in [0.25, 0.3) is 5.91 Å². The van der Waals surface area contributed by atoms with Crippen LogP contribution in [0.4, 0.5) is 0 Å². The van der Waals surface area contributed by atoms with Gasteiger partial charge in [-0.2, -0.15) is 5.26 Å². The number of ether oxygens (including phenoxy) is 1. The first-order valence-electron chi connectivity index (χ1n) is 9.13. The van der Waals surface area contributed by atoms with Crippen LogP contribution in [0.15, 0.2) is 24.3 Å². The Hall–Kier alpha value is -2.39. The monoisotopic (exact) mass is 355 g/mol. The molecule has 2 aliphatic heterocycles. The Kier molecular flexibility index (Phi) is 5.58. The summed E-state index contributed by atoms with van der Waals surface area (Å²) < 4.78 is 5.12. The summed E-state index contributed by atoms with van der Waals surface area (Å²) in [5.74, 6) is 0.233. The topological polar surface area (TPSA) is 73.6 Å². The normalized spacial score (nSPS) is 19.5. The maximum atomic E-state index is 12.7. The van der Waals surface area contributed by atoms with Crippen molar-refractivity contribution >= 4 is 11.8 Å². The summed E-state index contributed by atoms with van der Waals surface area (Å²) in [5, 5.41) is 8.87. The first-order chi connectivity index (χ1) is 12.6. The van der Waals surface area contributed by atoms with E-state index in [0.717, 1.165) is 25.8 Å². The van der Waals surface area contributed by atoms with Crippen molar-refractivity contribution < 1.29 is 14.3 Å². The van der Waals surface area contributed by atoms with Crippen LogP contribution in [0.25, 0.3) is 0 Å². The van der Waals surface area contributed by atoms with Gasteiger partial charge in [0.05, 0.1) is 18.2 Å². The largest absolute Gasteiger partial charge is 0.383 e. The fourth-order valence-corrected chi connectivity index (χ4v) is 3.97. The lowest BCUT2D eigenvalue weighted by atomic mass is 9.72. The first kappa shape index (κ1) is 18.4. The molecule has 26 heavy (non-hydrogen) atoms. The molecule has 138 valence electrons. The van der Waals surface area contributed by atoms with Gasteiger partial charge in [-0.25, -0.2) is 0 Å². The van der Waals surface area contributed by atoms with Crippen molar-refractivity contribution in [3.8, 4) is 6.07 Å². The third kappa shape index (κ3) is 3.88. The molecule has 0 unspecified atom stereocenters. The van der Waals surface area contributed by atoms with Crippen LogP contribution in [0, 0.1) is 16.7 Å². The van der Waals surface area contributed by atoms with Gasteiger partial charge in [-0.15, -0.1) is 0 Å². The van der Waals surface area contributed by atoms with Crippen molar-refractivity contribution in [1.29, 1.82) is 5.26 Å². The molecule has 0 aromatic heterocycles. The number of benzene rings is 1. The number of piperidine rings is 2. The number of likely N-dealkylation sites (tertiary alicyclic amines) is 2. The second-order valence-corrected chi connectivity index (χ2v) is 7.29. The number of carbonyl (C=O) groups excluding carboxylic acids is 2. The van der Waals surface area contributed by atoms with Gasteiger partial charge in [0.1, 0.15) is 0 Å². The molecular formula is C20H25N3O3. The number of methoxy groups -OCH3 is 1. The predicted octanol–water partition coefficient (Wildman–Crippen LogP) is 2.05. The summed E-state index contributed by atoms with van der Waals surface area (Å²) in [7, 11) is 1.65. The van der Waals surface area contributed by atoms with Crippen LogP contribution in [0.3, 0.4) is 0 Å². The molecule has 2 fully saturated rings. The van der Waals surface area contributed by atoms with E-state index in [2.05, 4.69) is 6.07 Å². The second kappa shape index (κ2) is 7.88. The van der Waals surface area contributed by atoms with Crippen LogP contribution in [0.1, 0.15) is 41.6 Å². The lowest BCUT2D eigenvalue weighted by Crippen LogP contribution is -2.52. The Morgan fingerprint density at radius 2 is 1.92 bits per heavy atom. The van der Waals surface area contributed by atoms with Crippen LogP contribution < -0.4 is 0 Å². The van der Waals surface area contributed by atoms with Gasteiger partial charge in [0, 0.05) is 45.3 Å². The molecule has 2 aliphatic rings. The van der Waals surface area contributed by atoms with E-state index < -0.39 is 0 Å². The number of nitriles is 1. The Labute approximate surface area is 154 Å². The maximum absolute atomic E-state index is 12.7. The van der Waals surface area contributed by atoms with Crippen LogP contribution in [0.5, 0.6) is 0 Å². The fourth-order valence-electron chi connectivity index (χ4n) is 3.97. The van der Waals surface area contributed by atoms with Crippen molar-refractivity contribution in [2.24, 2.45) is 5.41 Å². The SMILES string of the molecule is COCCN1CC2(CCC1=O)CCN(C(=O)c1ccc(C#N)cc1)CC2. The average molecular weight is 355 g/mol. The first-order valence-corrected chi connectivity index (χ1v) is 9.13. The summed E-state index contributed by atoms with van der Waals surface area (Å²) in [4.78, 5) is 28.6. The number of amides is 2. The zero-order valence-corrected chi connectivity index (χ0v) is 15.2. The standard InChI is InChI=1S/C20H25N3O3/c1-26-13-12-23-15-20(7-6-18(23)24)8-10-22(11-9-20)19(25)17-4-2-16(14-21)3-5-17/h2-5H,6-13,15H2,1H3. The van der Waals surface area contributed by atoms with Crippen molar-refractivity contribution in [3.05, 3.63) is 35.4 Å². The molecule has 1 spiro atoms. The van der Waals surface area contributed by atoms with Gasteiger partial charge in [-0.1, -0.05) is 0 Å². The highest BCUT2D eigenvalue weighted by Gasteiger charge is 2.41. The van der Waals surface area contributed by atoms with E-state index in [1.807, 2.05) is 9.80 Å². The average Bonchev–Trinajstić information content (AvgIpc) is 2.69. The van der Waals surface area contributed by atoms with E-state index in [1.54, 1.807) is 31.4 Å². The molecule has 2 saturated heterocycles. The Morgan fingerprint density at radius 1 is 1.23 bits per heavy atom. The number of hydrogen-bond acceptors (Lipinski definition) is 4. The van der Waals surface area contributed by atoms with Gasteiger partial charge in [0.15, 0.2) is 0 Å². The summed E-state index contributed by atoms with van der Waals surface area (Å²) in [6.45, 7) is 3.40. The quantitative estimate of drug-likeness (QED) is 0.828. The Bertz CT molecular complexity index is 700. The second-order valence-electron chi connectivity index (χ2n) is 7.29. The summed E-state index contributed by atoms with van der Waals surface area (Å²) in [5.41, 5.74) is 1.31. The molecule has 3 rings (SSSR count). The van der Waals surface area contributed by atoms with E-state index in [1.165, 1.54) is 0 Å². The minimum Gasteiger partial charge on any atom is -0.383 e. The van der Waals surface area contributed by atoms with Crippen molar-refractivity contribution in [2.45, 2.75) is 25.7 Å². The van der Waals surface area contributed by atoms with Gasteiger partial charge in [-0.3, -0.25) is 9.59 Å². The van der Waals surface area contributed by atoms with Crippen molar-refractivity contribution in [2.75, 3.05) is 39.9 Å². The summed E-state index contributed by atoms with van der Waals surface area (Å²) in [6.07, 6.45) is 3.35. The number of rotatable bonds is 4. The molecule has 0 saturated carbocycles. The fraction of sp³-hybridized carbons (Fsp3) is 0.550. The molecule has 0 aliphatic carbocycles. The molecule has 2 heterocycles. The van der Waals surface area contributed by atoms with Gasteiger partial charge >= 0.3 is 0 Å². The third-order valence-corrected chi connectivity index (χ3v) is 5.69. The molecule has 0 radical (unpaired) electrons. The minimum absolute atomic E-state index is 0.0208. The minimum atomic E-state index is 0.0208. The van der Waals surface area contributed by atoms with E-state index in [-0.39, 0.29) is 17.2 Å². The molecular weight excluding hydrogens is 330 g/mol. The van der Waals surface area contributed by atoms with Crippen molar-refractivity contribution in [1.82, 2.24) is 9.80 Å². The summed E-state index contributed by atoms with van der Waals surface area (Å²) in [6, 6.07) is 8.87. The molecule has 6 heteroatoms. The van der Waals surface area contributed by atoms with Gasteiger partial charge in [0.2, 0.25) is 5.91 Å². The van der Waals surface area contributed by atoms with E-state index in [9.17, 15) is 9.59 Å². The van der Waals surface area contributed by atoms with E-state index >= 15 is 0 Å². The highest BCUT2D eigenvalue weighted by Crippen LogP contribution is 2.40. The van der Waals surface area contributed by atoms with Crippen LogP contribution in [0.2, 0.25) is 0 Å². The number of hydrogen-bond donors (Lipinski definition) is 0. The lowest BCUT2D eigenvalue weighted by Gasteiger charge is -2.47. The molecule has 6 nitrogen and oxygen atoms in total. The Balaban J connectivity index is 1.60. The van der Waals surface area contributed by atoms with Crippen LogP contribution in [-0.4, -0.2) is 61.5 Å². The number of nitrogens with zero attached hydrogens (tertiary/aromatic N) is 3. The van der Waals surface area contributed by atoms with E-state index in [0.29, 0.717) is 43.8 Å². The van der Waals surface area contributed by atoms with Gasteiger partial charge in [-0.05, 0) is 48.9 Å². The molecule has 1 aromatic rings. The van der Waals surface area contributed by atoms with Crippen LogP contribution >= 0.6 is 0 Å². The molecule has 0 N–H and O–H groups in total. The molecule has 2 amide bonds.